The summed E-state index contributed by atoms with van der Waals surface area (Å²) in [5.41, 5.74) is 7.39. The molecule has 0 saturated carbocycles. The Kier molecular flexibility index (Phi) is 5.29. The second-order valence-corrected chi connectivity index (χ2v) is 6.78. The van der Waals surface area contributed by atoms with Gasteiger partial charge in [-0.2, -0.15) is 0 Å². The fraction of sp³-hybridized carbons (Fsp3) is 0.600. The highest BCUT2D eigenvalue weighted by Gasteiger charge is 2.29. The number of piperidine rings is 1. The Bertz CT molecular complexity index is 438. The molecular weight excluding hydrogens is 324 g/mol. The Morgan fingerprint density at radius 1 is 1.53 bits per heavy atom. The van der Waals surface area contributed by atoms with E-state index in [2.05, 4.69) is 46.8 Å². The molecule has 106 valence electrons. The van der Waals surface area contributed by atoms with Crippen molar-refractivity contribution in [2.24, 2.45) is 11.7 Å². The van der Waals surface area contributed by atoms with Crippen LogP contribution in [-0.2, 0) is 0 Å². The van der Waals surface area contributed by atoms with Crippen LogP contribution in [0.2, 0.25) is 5.02 Å². The second-order valence-electron chi connectivity index (χ2n) is 5.46. The zero-order valence-corrected chi connectivity index (χ0v) is 13.9. The molecule has 3 unspecified atom stereocenters. The van der Waals surface area contributed by atoms with Crippen LogP contribution in [0.5, 0.6) is 0 Å². The van der Waals surface area contributed by atoms with Gasteiger partial charge in [0.2, 0.25) is 0 Å². The van der Waals surface area contributed by atoms with Gasteiger partial charge in [-0.1, -0.05) is 46.9 Å². The van der Waals surface area contributed by atoms with E-state index < -0.39 is 0 Å². The molecule has 2 rings (SSSR count). The van der Waals surface area contributed by atoms with Crippen LogP contribution >= 0.6 is 27.5 Å². The standard InChI is InChI=1S/C15H22BrClN2/c1-3-11-9-19(7-6-15(11)18)10(2)13-5-4-12(16)8-14(13)17/h4-5,8,10-11,15H,3,6-7,9,18H2,1-2H3. The molecule has 0 amide bonds. The molecule has 1 heterocycles. The molecule has 19 heavy (non-hydrogen) atoms. The first kappa shape index (κ1) is 15.3. The van der Waals surface area contributed by atoms with E-state index in [0.29, 0.717) is 18.0 Å². The van der Waals surface area contributed by atoms with Gasteiger partial charge < -0.3 is 5.73 Å². The lowest BCUT2D eigenvalue weighted by Gasteiger charge is -2.40. The normalized spacial score (nSPS) is 26.4. The lowest BCUT2D eigenvalue weighted by atomic mass is 9.89. The fourth-order valence-corrected chi connectivity index (χ4v) is 3.73. The van der Waals surface area contributed by atoms with E-state index in [9.17, 15) is 0 Å². The molecule has 1 aliphatic rings. The third-order valence-corrected chi connectivity index (χ3v) is 5.13. The Labute approximate surface area is 129 Å². The van der Waals surface area contributed by atoms with Gasteiger partial charge in [-0.3, -0.25) is 4.90 Å². The topological polar surface area (TPSA) is 29.3 Å². The van der Waals surface area contributed by atoms with Crippen LogP contribution in [0.1, 0.15) is 38.3 Å². The predicted octanol–water partition coefficient (Wildman–Crippen LogP) is 4.22. The van der Waals surface area contributed by atoms with Crippen LogP contribution in [0, 0.1) is 5.92 Å². The first-order valence-corrected chi connectivity index (χ1v) is 8.14. The van der Waals surface area contributed by atoms with Crippen molar-refractivity contribution < 1.29 is 0 Å². The Morgan fingerprint density at radius 3 is 2.89 bits per heavy atom. The summed E-state index contributed by atoms with van der Waals surface area (Å²) >= 11 is 9.82. The first-order chi connectivity index (χ1) is 9.02. The van der Waals surface area contributed by atoms with Crippen LogP contribution in [0.4, 0.5) is 0 Å². The number of nitrogens with two attached hydrogens (primary N) is 1. The zero-order valence-electron chi connectivity index (χ0n) is 11.6. The van der Waals surface area contributed by atoms with Crippen LogP contribution in [0.25, 0.3) is 0 Å². The maximum absolute atomic E-state index is 6.36. The lowest BCUT2D eigenvalue weighted by Crippen LogP contribution is -2.47. The van der Waals surface area contributed by atoms with Crippen LogP contribution < -0.4 is 5.73 Å². The quantitative estimate of drug-likeness (QED) is 0.888. The van der Waals surface area contributed by atoms with E-state index in [-0.39, 0.29) is 0 Å². The van der Waals surface area contributed by atoms with E-state index in [0.717, 1.165) is 35.4 Å². The average Bonchev–Trinajstić information content (AvgIpc) is 2.38. The molecule has 1 aromatic carbocycles. The van der Waals surface area contributed by atoms with Gasteiger partial charge in [0.15, 0.2) is 0 Å². The summed E-state index contributed by atoms with van der Waals surface area (Å²) in [6, 6.07) is 6.86. The minimum atomic E-state index is 0.349. The van der Waals surface area contributed by atoms with Gasteiger partial charge in [0.1, 0.15) is 0 Å². The lowest BCUT2D eigenvalue weighted by molar-refractivity contribution is 0.114. The SMILES string of the molecule is CCC1CN(C(C)c2ccc(Br)cc2Cl)CCC1N. The molecule has 3 atom stereocenters. The number of benzene rings is 1. The molecule has 1 aliphatic heterocycles. The largest absolute Gasteiger partial charge is 0.327 e. The van der Waals surface area contributed by atoms with E-state index in [1.165, 1.54) is 5.56 Å². The van der Waals surface area contributed by atoms with Crippen molar-refractivity contribution in [2.75, 3.05) is 13.1 Å². The number of likely N-dealkylation sites (tertiary alicyclic amines) is 1. The molecule has 1 aromatic rings. The monoisotopic (exact) mass is 344 g/mol. The van der Waals surface area contributed by atoms with Gasteiger partial charge >= 0.3 is 0 Å². The molecule has 2 N–H and O–H groups in total. The summed E-state index contributed by atoms with van der Waals surface area (Å²) in [5, 5.41) is 0.838. The molecule has 4 heteroatoms. The van der Waals surface area contributed by atoms with Crippen molar-refractivity contribution in [2.45, 2.75) is 38.8 Å². The van der Waals surface area contributed by atoms with Gasteiger partial charge in [0, 0.05) is 34.7 Å². The number of rotatable bonds is 3. The van der Waals surface area contributed by atoms with Crippen molar-refractivity contribution in [3.8, 4) is 0 Å². The Hall–Kier alpha value is -0.0900. The summed E-state index contributed by atoms with van der Waals surface area (Å²) in [7, 11) is 0. The summed E-state index contributed by atoms with van der Waals surface area (Å²) in [6.07, 6.45) is 2.23. The molecular formula is C15H22BrClN2. The summed E-state index contributed by atoms with van der Waals surface area (Å²) < 4.78 is 1.03. The first-order valence-electron chi connectivity index (χ1n) is 6.97. The van der Waals surface area contributed by atoms with Crippen LogP contribution in [-0.4, -0.2) is 24.0 Å². The fourth-order valence-electron chi connectivity index (χ4n) is 2.90. The number of halogens is 2. The molecule has 1 fully saturated rings. The highest BCUT2D eigenvalue weighted by atomic mass is 79.9. The summed E-state index contributed by atoms with van der Waals surface area (Å²) in [5.74, 6) is 0.602. The zero-order chi connectivity index (χ0) is 14.0. The van der Waals surface area contributed by atoms with Gasteiger partial charge in [-0.05, 0) is 37.0 Å². The predicted molar refractivity (Wildman–Crippen MR) is 85.5 cm³/mol. The van der Waals surface area contributed by atoms with E-state index in [4.69, 9.17) is 17.3 Å². The molecule has 0 aromatic heterocycles. The third-order valence-electron chi connectivity index (χ3n) is 4.31. The van der Waals surface area contributed by atoms with E-state index in [1.54, 1.807) is 0 Å². The highest BCUT2D eigenvalue weighted by Crippen LogP contribution is 2.32. The summed E-state index contributed by atoms with van der Waals surface area (Å²) in [4.78, 5) is 2.51. The minimum Gasteiger partial charge on any atom is -0.327 e. The van der Waals surface area contributed by atoms with Crippen molar-refractivity contribution >= 4 is 27.5 Å². The van der Waals surface area contributed by atoms with E-state index in [1.807, 2.05) is 6.07 Å². The highest BCUT2D eigenvalue weighted by molar-refractivity contribution is 9.10. The number of hydrogen-bond acceptors (Lipinski definition) is 2. The summed E-state index contributed by atoms with van der Waals surface area (Å²) in [6.45, 7) is 6.60. The van der Waals surface area contributed by atoms with Gasteiger partial charge in [-0.15, -0.1) is 0 Å². The maximum atomic E-state index is 6.36. The molecule has 1 saturated heterocycles. The maximum Gasteiger partial charge on any atom is 0.0464 e. The molecule has 0 aliphatic carbocycles. The van der Waals surface area contributed by atoms with Crippen LogP contribution in [0.3, 0.4) is 0 Å². The van der Waals surface area contributed by atoms with Crippen molar-refractivity contribution in [3.05, 3.63) is 33.3 Å². The number of hydrogen-bond donors (Lipinski definition) is 1. The Morgan fingerprint density at radius 2 is 2.26 bits per heavy atom. The Balaban J connectivity index is 2.13. The average molecular weight is 346 g/mol. The van der Waals surface area contributed by atoms with Gasteiger partial charge in [0.05, 0.1) is 0 Å². The van der Waals surface area contributed by atoms with E-state index >= 15 is 0 Å². The van der Waals surface area contributed by atoms with Crippen molar-refractivity contribution in [3.63, 3.8) is 0 Å². The smallest absolute Gasteiger partial charge is 0.0464 e. The second kappa shape index (κ2) is 6.57. The molecule has 0 radical (unpaired) electrons. The molecule has 0 spiro atoms. The number of nitrogens with zero attached hydrogens (tertiary/aromatic N) is 1. The molecule has 2 nitrogen and oxygen atoms in total. The minimum absolute atomic E-state index is 0.349. The van der Waals surface area contributed by atoms with Crippen LogP contribution in [0.15, 0.2) is 22.7 Å². The van der Waals surface area contributed by atoms with Gasteiger partial charge in [-0.25, -0.2) is 0 Å². The van der Waals surface area contributed by atoms with Crippen molar-refractivity contribution in [1.82, 2.24) is 4.90 Å². The molecule has 0 bridgehead atoms. The van der Waals surface area contributed by atoms with Gasteiger partial charge in [0.25, 0.3) is 0 Å². The van der Waals surface area contributed by atoms with Crippen molar-refractivity contribution in [1.29, 1.82) is 0 Å². The third kappa shape index (κ3) is 3.52.